The van der Waals surface area contributed by atoms with Crippen molar-refractivity contribution in [1.82, 2.24) is 10.1 Å². The predicted octanol–water partition coefficient (Wildman–Crippen LogP) is 4.33. The molecule has 30 heavy (non-hydrogen) atoms. The Balaban J connectivity index is 1.42. The molecule has 1 unspecified atom stereocenters. The number of nitrogens with zero attached hydrogens (tertiary/aromatic N) is 2. The van der Waals surface area contributed by atoms with Gasteiger partial charge in [0.1, 0.15) is 11.1 Å². The Morgan fingerprint density at radius 2 is 1.90 bits per heavy atom. The summed E-state index contributed by atoms with van der Waals surface area (Å²) in [7, 11) is 0. The van der Waals surface area contributed by atoms with E-state index in [-0.39, 0.29) is 30.0 Å². The summed E-state index contributed by atoms with van der Waals surface area (Å²) in [6.45, 7) is 1.46. The van der Waals surface area contributed by atoms with E-state index in [1.54, 1.807) is 31.2 Å². The van der Waals surface area contributed by atoms with E-state index in [0.29, 0.717) is 16.5 Å². The number of carbonyl (C=O) groups is 2. The van der Waals surface area contributed by atoms with Gasteiger partial charge < -0.3 is 14.6 Å². The van der Waals surface area contributed by atoms with Gasteiger partial charge in [-0.1, -0.05) is 16.8 Å². The number of esters is 1. The lowest BCUT2D eigenvalue weighted by Crippen LogP contribution is -2.21. The van der Waals surface area contributed by atoms with Crippen LogP contribution in [0.5, 0.6) is 0 Å². The van der Waals surface area contributed by atoms with Gasteiger partial charge in [0.05, 0.1) is 5.75 Å². The van der Waals surface area contributed by atoms with Gasteiger partial charge in [0.2, 0.25) is 11.7 Å². The third-order valence-corrected chi connectivity index (χ3v) is 5.21. The number of ether oxygens (including phenoxy) is 1. The van der Waals surface area contributed by atoms with Crippen molar-refractivity contribution in [3.05, 3.63) is 65.3 Å². The van der Waals surface area contributed by atoms with Gasteiger partial charge in [-0.3, -0.25) is 9.59 Å². The summed E-state index contributed by atoms with van der Waals surface area (Å²) in [4.78, 5) is 28.2. The fraction of sp³-hybridized carbons (Fsp3) is 0.200. The molecule has 1 heterocycles. The van der Waals surface area contributed by atoms with Crippen molar-refractivity contribution in [2.75, 3.05) is 11.1 Å². The van der Waals surface area contributed by atoms with Crippen LogP contribution in [0.2, 0.25) is 5.02 Å². The Kier molecular flexibility index (Phi) is 7.42. The summed E-state index contributed by atoms with van der Waals surface area (Å²) in [6.07, 6.45) is 0. The van der Waals surface area contributed by atoms with Crippen molar-refractivity contribution in [1.29, 1.82) is 0 Å². The van der Waals surface area contributed by atoms with Crippen LogP contribution in [0, 0.1) is 5.82 Å². The number of halogens is 2. The van der Waals surface area contributed by atoms with Crippen LogP contribution < -0.4 is 5.32 Å². The molecule has 0 aliphatic rings. The van der Waals surface area contributed by atoms with Gasteiger partial charge in [0.15, 0.2) is 6.61 Å². The topological polar surface area (TPSA) is 94.3 Å². The van der Waals surface area contributed by atoms with E-state index in [2.05, 4.69) is 15.5 Å². The van der Waals surface area contributed by atoms with Gasteiger partial charge in [-0.25, -0.2) is 4.39 Å². The zero-order chi connectivity index (χ0) is 21.5. The van der Waals surface area contributed by atoms with Gasteiger partial charge in [-0.05, 0) is 55.5 Å². The molecular formula is C20H17ClFN3O4S. The van der Waals surface area contributed by atoms with Crippen LogP contribution >= 0.6 is 23.4 Å². The lowest BCUT2D eigenvalue weighted by molar-refractivity contribution is -0.144. The number of benzene rings is 2. The smallest absolute Gasteiger partial charge is 0.319 e. The average molecular weight is 450 g/mol. The predicted molar refractivity (Wildman–Crippen MR) is 111 cm³/mol. The second-order valence-electron chi connectivity index (χ2n) is 6.13. The first kappa shape index (κ1) is 21.8. The average Bonchev–Trinajstić information content (AvgIpc) is 3.21. The highest BCUT2D eigenvalue weighted by molar-refractivity contribution is 8.01. The quantitative estimate of drug-likeness (QED) is 0.511. The summed E-state index contributed by atoms with van der Waals surface area (Å²) in [5, 5.41) is 6.48. The molecule has 1 N–H and O–H groups in total. The van der Waals surface area contributed by atoms with Crippen LogP contribution in [0.3, 0.4) is 0 Å². The van der Waals surface area contributed by atoms with Crippen molar-refractivity contribution < 1.29 is 23.2 Å². The number of hydrogen-bond donors (Lipinski definition) is 1. The third-order valence-electron chi connectivity index (χ3n) is 3.83. The summed E-state index contributed by atoms with van der Waals surface area (Å²) in [5.74, 6) is -0.663. The van der Waals surface area contributed by atoms with Crippen LogP contribution in [-0.2, 0) is 20.9 Å². The molecule has 3 aromatic rings. The van der Waals surface area contributed by atoms with E-state index in [1.807, 2.05) is 0 Å². The Labute approximate surface area is 180 Å². The molecule has 156 valence electrons. The number of aromatic nitrogens is 2. The highest BCUT2D eigenvalue weighted by Crippen LogP contribution is 2.19. The molecule has 0 bridgehead atoms. The molecular weight excluding hydrogens is 433 g/mol. The van der Waals surface area contributed by atoms with Crippen molar-refractivity contribution in [2.24, 2.45) is 0 Å². The van der Waals surface area contributed by atoms with Gasteiger partial charge in [-0.15, -0.1) is 11.8 Å². The molecule has 3 rings (SSSR count). The molecule has 0 saturated heterocycles. The molecule has 0 fully saturated rings. The standard InChI is InChI=1S/C20H17ClFN3O4S/c1-12(30-11-17(26)23-16-8-6-15(22)7-9-16)20(27)28-10-18-24-19(25-29-18)13-2-4-14(21)5-3-13/h2-9,12H,10-11H2,1H3,(H,23,26). The second-order valence-corrected chi connectivity index (χ2v) is 7.90. The normalized spacial score (nSPS) is 11.7. The number of hydrogen-bond acceptors (Lipinski definition) is 7. The SMILES string of the molecule is CC(SCC(=O)Nc1ccc(F)cc1)C(=O)OCc1nc(-c2ccc(Cl)cc2)no1. The van der Waals surface area contributed by atoms with Crippen molar-refractivity contribution in [2.45, 2.75) is 18.8 Å². The minimum atomic E-state index is -0.581. The lowest BCUT2D eigenvalue weighted by atomic mass is 10.2. The number of carbonyl (C=O) groups excluding carboxylic acids is 2. The molecule has 10 heteroatoms. The maximum absolute atomic E-state index is 12.9. The molecule has 1 amide bonds. The fourth-order valence-electron chi connectivity index (χ4n) is 2.28. The summed E-state index contributed by atoms with van der Waals surface area (Å²) in [6, 6.07) is 12.3. The summed E-state index contributed by atoms with van der Waals surface area (Å²) < 4.78 is 23.1. The fourth-order valence-corrected chi connectivity index (χ4v) is 3.08. The number of nitrogens with one attached hydrogen (secondary N) is 1. The lowest BCUT2D eigenvalue weighted by Gasteiger charge is -2.10. The van der Waals surface area contributed by atoms with Gasteiger partial charge >= 0.3 is 5.97 Å². The van der Waals surface area contributed by atoms with E-state index >= 15 is 0 Å². The summed E-state index contributed by atoms with van der Waals surface area (Å²) in [5.41, 5.74) is 1.20. The van der Waals surface area contributed by atoms with Gasteiger partial charge in [0.25, 0.3) is 5.89 Å². The highest BCUT2D eigenvalue weighted by atomic mass is 35.5. The highest BCUT2D eigenvalue weighted by Gasteiger charge is 2.18. The minimum Gasteiger partial charge on any atom is -0.455 e. The molecule has 1 atom stereocenters. The molecule has 1 aromatic heterocycles. The number of thioether (sulfide) groups is 1. The third kappa shape index (κ3) is 6.30. The number of rotatable bonds is 8. The second kappa shape index (κ2) is 10.2. The van der Waals surface area contributed by atoms with Crippen molar-refractivity contribution in [3.8, 4) is 11.4 Å². The first-order valence-electron chi connectivity index (χ1n) is 8.83. The maximum Gasteiger partial charge on any atom is 0.319 e. The zero-order valence-corrected chi connectivity index (χ0v) is 17.4. The molecule has 0 saturated carbocycles. The van der Waals surface area contributed by atoms with E-state index in [0.717, 1.165) is 17.3 Å². The van der Waals surface area contributed by atoms with Gasteiger partial charge in [-0.2, -0.15) is 4.98 Å². The first-order valence-corrected chi connectivity index (χ1v) is 10.3. The monoisotopic (exact) mass is 449 g/mol. The van der Waals surface area contributed by atoms with Crippen LogP contribution in [0.4, 0.5) is 10.1 Å². The van der Waals surface area contributed by atoms with Crippen molar-refractivity contribution >= 4 is 40.9 Å². The minimum absolute atomic E-state index is 0.0366. The van der Waals surface area contributed by atoms with E-state index in [1.165, 1.54) is 24.3 Å². The van der Waals surface area contributed by atoms with Crippen LogP contribution in [-0.4, -0.2) is 33.0 Å². The summed E-state index contributed by atoms with van der Waals surface area (Å²) >= 11 is 6.96. The van der Waals surface area contributed by atoms with Crippen LogP contribution in [0.15, 0.2) is 53.1 Å². The van der Waals surface area contributed by atoms with E-state index < -0.39 is 11.2 Å². The first-order chi connectivity index (χ1) is 14.4. The van der Waals surface area contributed by atoms with E-state index in [4.69, 9.17) is 20.9 Å². The van der Waals surface area contributed by atoms with Gasteiger partial charge in [0, 0.05) is 16.3 Å². The van der Waals surface area contributed by atoms with Crippen LogP contribution in [0.25, 0.3) is 11.4 Å². The zero-order valence-electron chi connectivity index (χ0n) is 15.8. The molecule has 0 aliphatic carbocycles. The molecule has 2 aromatic carbocycles. The molecule has 0 spiro atoms. The molecule has 7 nitrogen and oxygen atoms in total. The maximum atomic E-state index is 12.9. The molecule has 0 radical (unpaired) electrons. The van der Waals surface area contributed by atoms with Crippen LogP contribution in [0.1, 0.15) is 12.8 Å². The molecule has 0 aliphatic heterocycles. The number of amides is 1. The number of anilines is 1. The largest absolute Gasteiger partial charge is 0.455 e. The Hall–Kier alpha value is -2.91. The Morgan fingerprint density at radius 3 is 2.60 bits per heavy atom. The van der Waals surface area contributed by atoms with E-state index in [9.17, 15) is 14.0 Å². The Bertz CT molecular complexity index is 1010. The van der Waals surface area contributed by atoms with Crippen molar-refractivity contribution in [3.63, 3.8) is 0 Å². The Morgan fingerprint density at radius 1 is 1.20 bits per heavy atom.